The second-order valence-electron chi connectivity index (χ2n) is 4.53. The third-order valence-corrected chi connectivity index (χ3v) is 3.11. The number of pyridine rings is 1. The van der Waals surface area contributed by atoms with Crippen molar-refractivity contribution in [3.05, 3.63) is 41.5 Å². The first kappa shape index (κ1) is 12.2. The van der Waals surface area contributed by atoms with Crippen molar-refractivity contribution in [2.45, 2.75) is 19.3 Å². The van der Waals surface area contributed by atoms with E-state index >= 15 is 0 Å². The van der Waals surface area contributed by atoms with Crippen LogP contribution < -0.4 is 5.32 Å². The molecule has 0 fully saturated rings. The fourth-order valence-electron chi connectivity index (χ4n) is 2.15. The zero-order valence-electron chi connectivity index (χ0n) is 10.6. The van der Waals surface area contributed by atoms with Crippen LogP contribution in [-0.4, -0.2) is 20.7 Å². The summed E-state index contributed by atoms with van der Waals surface area (Å²) >= 11 is 0. The van der Waals surface area contributed by atoms with E-state index in [1.165, 1.54) is 6.20 Å². The van der Waals surface area contributed by atoms with Crippen LogP contribution in [0.3, 0.4) is 0 Å². The van der Waals surface area contributed by atoms with Crippen LogP contribution >= 0.6 is 0 Å². The van der Waals surface area contributed by atoms with E-state index in [-0.39, 0.29) is 5.78 Å². The van der Waals surface area contributed by atoms with Crippen LogP contribution in [0.1, 0.15) is 34.5 Å². The first-order valence-electron chi connectivity index (χ1n) is 6.27. The van der Waals surface area contributed by atoms with Crippen LogP contribution in [0.15, 0.2) is 24.7 Å². The number of Topliss-reactive ketones (excluding diaryl/α,β-unsaturated/α-hetero) is 1. The van der Waals surface area contributed by atoms with Crippen molar-refractivity contribution < 1.29 is 4.79 Å². The Labute approximate surface area is 115 Å². The van der Waals surface area contributed by atoms with Gasteiger partial charge >= 0.3 is 0 Å². The number of nitriles is 1. The van der Waals surface area contributed by atoms with Crippen molar-refractivity contribution in [3.63, 3.8) is 0 Å². The van der Waals surface area contributed by atoms with Gasteiger partial charge in [0, 0.05) is 18.8 Å². The molecule has 2 aromatic heterocycles. The maximum Gasteiger partial charge on any atom is 0.227 e. The summed E-state index contributed by atoms with van der Waals surface area (Å²) in [7, 11) is 0. The number of nitrogens with zero attached hydrogens (tertiary/aromatic N) is 4. The van der Waals surface area contributed by atoms with Crippen molar-refractivity contribution in [2.24, 2.45) is 0 Å². The zero-order valence-corrected chi connectivity index (χ0v) is 10.6. The number of aromatic nitrogens is 3. The molecule has 2 aromatic rings. The molecule has 1 aliphatic carbocycles. The number of anilines is 2. The summed E-state index contributed by atoms with van der Waals surface area (Å²) in [5, 5.41) is 11.8. The summed E-state index contributed by atoms with van der Waals surface area (Å²) in [6, 6.07) is 3.69. The van der Waals surface area contributed by atoms with Gasteiger partial charge in [-0.05, 0) is 18.9 Å². The average Bonchev–Trinajstić information content (AvgIpc) is 2.47. The first-order valence-corrected chi connectivity index (χ1v) is 6.27. The molecule has 0 saturated heterocycles. The minimum Gasteiger partial charge on any atom is -0.323 e. The molecule has 1 aliphatic rings. The van der Waals surface area contributed by atoms with Crippen molar-refractivity contribution >= 4 is 17.4 Å². The van der Waals surface area contributed by atoms with Crippen LogP contribution in [-0.2, 0) is 6.42 Å². The first-order chi connectivity index (χ1) is 9.76. The van der Waals surface area contributed by atoms with Gasteiger partial charge in [-0.1, -0.05) is 0 Å². The Morgan fingerprint density at radius 1 is 1.25 bits per heavy atom. The van der Waals surface area contributed by atoms with Crippen molar-refractivity contribution in [1.82, 2.24) is 15.0 Å². The van der Waals surface area contributed by atoms with Gasteiger partial charge in [0.2, 0.25) is 5.95 Å². The number of ketones is 1. The standard InChI is InChI=1S/C14H11N5O/c15-5-9-4-10(7-16-6-9)18-14-17-8-11-12(19-14)2-1-3-13(11)20/h4,6-8H,1-3H2,(H,17,18,19). The number of carbonyl (C=O) groups is 1. The molecule has 0 aromatic carbocycles. The van der Waals surface area contributed by atoms with E-state index in [0.717, 1.165) is 18.5 Å². The number of carbonyl (C=O) groups excluding carboxylic acids is 1. The van der Waals surface area contributed by atoms with Crippen LogP contribution in [0.5, 0.6) is 0 Å². The molecule has 0 atom stereocenters. The van der Waals surface area contributed by atoms with Crippen molar-refractivity contribution in [2.75, 3.05) is 5.32 Å². The van der Waals surface area contributed by atoms with E-state index in [1.54, 1.807) is 18.5 Å². The van der Waals surface area contributed by atoms with Gasteiger partial charge in [-0.3, -0.25) is 9.78 Å². The molecule has 0 bridgehead atoms. The molecule has 0 spiro atoms. The molecule has 0 unspecified atom stereocenters. The molecular formula is C14H11N5O. The molecule has 20 heavy (non-hydrogen) atoms. The SMILES string of the molecule is N#Cc1cncc(Nc2ncc3c(n2)CCCC3=O)c1. The third-order valence-electron chi connectivity index (χ3n) is 3.11. The maximum absolute atomic E-state index is 11.7. The topological polar surface area (TPSA) is 91.6 Å². The lowest BCUT2D eigenvalue weighted by atomic mass is 9.96. The Morgan fingerprint density at radius 2 is 2.15 bits per heavy atom. The van der Waals surface area contributed by atoms with Crippen molar-refractivity contribution in [1.29, 1.82) is 5.26 Å². The van der Waals surface area contributed by atoms with Gasteiger partial charge in [0.05, 0.1) is 28.7 Å². The number of hydrogen-bond donors (Lipinski definition) is 1. The number of hydrogen-bond acceptors (Lipinski definition) is 6. The van der Waals surface area contributed by atoms with Crippen molar-refractivity contribution in [3.8, 4) is 6.07 Å². The normalized spacial score (nSPS) is 13.4. The Kier molecular flexibility index (Phi) is 3.09. The molecular weight excluding hydrogens is 254 g/mol. The zero-order chi connectivity index (χ0) is 13.9. The molecule has 98 valence electrons. The Hall–Kier alpha value is -2.81. The van der Waals surface area contributed by atoms with Crippen LogP contribution in [0.25, 0.3) is 0 Å². The highest BCUT2D eigenvalue weighted by Gasteiger charge is 2.19. The van der Waals surface area contributed by atoms with Crippen LogP contribution in [0.2, 0.25) is 0 Å². The largest absolute Gasteiger partial charge is 0.323 e. The summed E-state index contributed by atoms with van der Waals surface area (Å²) in [4.78, 5) is 24.1. The average molecular weight is 265 g/mol. The molecule has 0 aliphatic heterocycles. The van der Waals surface area contributed by atoms with Gasteiger partial charge in [-0.25, -0.2) is 9.97 Å². The van der Waals surface area contributed by atoms with Crippen LogP contribution in [0.4, 0.5) is 11.6 Å². The summed E-state index contributed by atoms with van der Waals surface area (Å²) < 4.78 is 0. The Morgan fingerprint density at radius 3 is 3.00 bits per heavy atom. The maximum atomic E-state index is 11.7. The van der Waals surface area contributed by atoms with Gasteiger partial charge in [-0.15, -0.1) is 0 Å². The van der Waals surface area contributed by atoms with E-state index in [4.69, 9.17) is 5.26 Å². The monoisotopic (exact) mass is 265 g/mol. The highest BCUT2D eigenvalue weighted by atomic mass is 16.1. The molecule has 6 nitrogen and oxygen atoms in total. The molecule has 6 heteroatoms. The molecule has 0 amide bonds. The van der Waals surface area contributed by atoms with E-state index in [2.05, 4.69) is 20.3 Å². The lowest BCUT2D eigenvalue weighted by Crippen LogP contribution is -2.14. The molecule has 0 saturated carbocycles. The summed E-state index contributed by atoms with van der Waals surface area (Å²) in [5.41, 5.74) is 2.50. The smallest absolute Gasteiger partial charge is 0.227 e. The highest BCUT2D eigenvalue weighted by Crippen LogP contribution is 2.21. The number of aryl methyl sites for hydroxylation is 1. The van der Waals surface area contributed by atoms with E-state index in [1.807, 2.05) is 6.07 Å². The lowest BCUT2D eigenvalue weighted by molar-refractivity contribution is 0.0971. The van der Waals surface area contributed by atoms with Gasteiger partial charge in [0.25, 0.3) is 0 Å². The van der Waals surface area contributed by atoms with E-state index in [9.17, 15) is 4.79 Å². The highest BCUT2D eigenvalue weighted by molar-refractivity contribution is 5.97. The quantitative estimate of drug-likeness (QED) is 0.892. The second kappa shape index (κ2) is 5.05. The molecule has 0 radical (unpaired) electrons. The third kappa shape index (κ3) is 2.34. The molecule has 2 heterocycles. The summed E-state index contributed by atoms with van der Waals surface area (Å²) in [6.45, 7) is 0. The fourth-order valence-corrected chi connectivity index (χ4v) is 2.15. The van der Waals surface area contributed by atoms with Crippen LogP contribution in [0, 0.1) is 11.3 Å². The fraction of sp³-hybridized carbons (Fsp3) is 0.214. The van der Waals surface area contributed by atoms with Gasteiger partial charge in [-0.2, -0.15) is 5.26 Å². The number of fused-ring (bicyclic) bond motifs is 1. The Balaban J connectivity index is 1.88. The number of rotatable bonds is 2. The molecule has 1 N–H and O–H groups in total. The van der Waals surface area contributed by atoms with Gasteiger partial charge in [0.1, 0.15) is 6.07 Å². The predicted molar refractivity (Wildman–Crippen MR) is 71.5 cm³/mol. The van der Waals surface area contributed by atoms with Gasteiger partial charge in [0.15, 0.2) is 5.78 Å². The second-order valence-corrected chi connectivity index (χ2v) is 4.53. The minimum atomic E-state index is 0.103. The van der Waals surface area contributed by atoms with Gasteiger partial charge < -0.3 is 5.32 Å². The molecule has 3 rings (SSSR count). The summed E-state index contributed by atoms with van der Waals surface area (Å²) in [5.74, 6) is 0.515. The van der Waals surface area contributed by atoms with E-state index in [0.29, 0.717) is 29.2 Å². The lowest BCUT2D eigenvalue weighted by Gasteiger charge is -2.14. The predicted octanol–water partition coefficient (Wildman–Crippen LogP) is 2.01. The number of nitrogens with one attached hydrogen (secondary N) is 1. The summed E-state index contributed by atoms with van der Waals surface area (Å²) in [6.07, 6.45) is 6.82. The Bertz CT molecular complexity index is 720. The minimum absolute atomic E-state index is 0.103. The van der Waals surface area contributed by atoms with E-state index < -0.39 is 0 Å².